The van der Waals surface area contributed by atoms with E-state index in [1.807, 2.05) is 6.92 Å². The number of rotatable bonds is 16. The predicted octanol–water partition coefficient (Wildman–Crippen LogP) is 3.70. The summed E-state index contributed by atoms with van der Waals surface area (Å²) in [7, 11) is -3.87. The molecule has 15 heteroatoms. The van der Waals surface area contributed by atoms with Crippen LogP contribution in [-0.2, 0) is 39.4 Å². The van der Waals surface area contributed by atoms with E-state index in [9.17, 15) is 14.2 Å². The molecule has 39 heavy (non-hydrogen) atoms. The topological polar surface area (TPSA) is 179 Å². The van der Waals surface area contributed by atoms with Crippen molar-refractivity contribution in [2.75, 3.05) is 25.5 Å². The van der Waals surface area contributed by atoms with Crippen molar-refractivity contribution in [2.45, 2.75) is 79.7 Å². The molecule has 0 fully saturated rings. The van der Waals surface area contributed by atoms with Crippen molar-refractivity contribution < 1.29 is 37.6 Å². The minimum atomic E-state index is -3.87. The quantitative estimate of drug-likeness (QED) is 0.169. The zero-order chi connectivity index (χ0) is 29.2. The highest BCUT2D eigenvalue weighted by atomic mass is 31.2. The van der Waals surface area contributed by atoms with Crippen molar-refractivity contribution in [1.82, 2.24) is 24.6 Å². The Hall–Kier alpha value is -2.80. The molecule has 0 aliphatic heterocycles. The average Bonchev–Trinajstić information content (AvgIpc) is 3.28. The number of imidazole rings is 1. The van der Waals surface area contributed by atoms with Gasteiger partial charge in [-0.1, -0.05) is 27.2 Å². The normalized spacial score (nSPS) is 16.3. The highest BCUT2D eigenvalue weighted by molar-refractivity contribution is 7.56. The van der Waals surface area contributed by atoms with Crippen LogP contribution in [0.15, 0.2) is 12.7 Å². The first-order chi connectivity index (χ1) is 18.3. The average molecular weight is 573 g/mol. The number of aromatic nitrogens is 4. The minimum Gasteiger partial charge on any atom is -0.464 e. The molecule has 0 amide bonds. The van der Waals surface area contributed by atoms with Gasteiger partial charge in [0.1, 0.15) is 24.2 Å². The fourth-order valence-corrected chi connectivity index (χ4v) is 4.93. The summed E-state index contributed by atoms with van der Waals surface area (Å²) in [5.41, 5.74) is 6.82. The van der Waals surface area contributed by atoms with Crippen LogP contribution in [0.1, 0.15) is 54.9 Å². The lowest BCUT2D eigenvalue weighted by atomic mass is 9.94. The lowest BCUT2D eigenvalue weighted by molar-refractivity contribution is -0.147. The molecule has 0 saturated heterocycles. The van der Waals surface area contributed by atoms with Crippen molar-refractivity contribution in [2.24, 2.45) is 11.8 Å². The smallest absolute Gasteiger partial charge is 0.464 e. The molecule has 2 heterocycles. The summed E-state index contributed by atoms with van der Waals surface area (Å²) in [6.45, 7) is 12.6. The number of ether oxygens (including phenoxy) is 4. The summed E-state index contributed by atoms with van der Waals surface area (Å²) < 4.78 is 41.7. The highest BCUT2D eigenvalue weighted by Crippen LogP contribution is 2.43. The Labute approximate surface area is 228 Å². The van der Waals surface area contributed by atoms with Crippen LogP contribution in [0.2, 0.25) is 0 Å². The first-order valence-corrected chi connectivity index (χ1v) is 14.7. The fraction of sp³-hybridized carbons (Fsp3) is 0.708. The number of anilines is 1. The molecule has 0 bridgehead atoms. The van der Waals surface area contributed by atoms with E-state index in [1.54, 1.807) is 31.7 Å². The van der Waals surface area contributed by atoms with E-state index in [1.165, 1.54) is 13.3 Å². The summed E-state index contributed by atoms with van der Waals surface area (Å²) in [6, 6.07) is -0.987. The zero-order valence-corrected chi connectivity index (χ0v) is 24.6. The Morgan fingerprint density at radius 1 is 1.08 bits per heavy atom. The van der Waals surface area contributed by atoms with Crippen LogP contribution in [-0.4, -0.2) is 69.6 Å². The van der Waals surface area contributed by atoms with Gasteiger partial charge in [0.05, 0.1) is 31.7 Å². The molecule has 2 aromatic rings. The van der Waals surface area contributed by atoms with Gasteiger partial charge in [-0.2, -0.15) is 0 Å². The predicted molar refractivity (Wildman–Crippen MR) is 144 cm³/mol. The van der Waals surface area contributed by atoms with Gasteiger partial charge in [0.15, 0.2) is 11.5 Å². The van der Waals surface area contributed by atoms with E-state index in [2.05, 4.69) is 33.9 Å². The molecule has 0 radical (unpaired) electrons. The number of nitrogen functional groups attached to an aromatic ring is 1. The van der Waals surface area contributed by atoms with Crippen molar-refractivity contribution >= 4 is 36.6 Å². The second-order valence-electron chi connectivity index (χ2n) is 9.76. The van der Waals surface area contributed by atoms with Crippen LogP contribution in [0.3, 0.4) is 0 Å². The third kappa shape index (κ3) is 10.4. The highest BCUT2D eigenvalue weighted by Gasteiger charge is 2.31. The largest absolute Gasteiger partial charge is 0.510 e. The number of carbonyl (C=O) groups is 2. The number of nitrogens with two attached hydrogens (primary N) is 1. The van der Waals surface area contributed by atoms with E-state index in [4.69, 9.17) is 29.2 Å². The van der Waals surface area contributed by atoms with Gasteiger partial charge in [0.25, 0.3) is 7.52 Å². The molecule has 0 aromatic carbocycles. The number of nitrogens with one attached hydrogen (secondary N) is 1. The van der Waals surface area contributed by atoms with E-state index >= 15 is 0 Å². The lowest BCUT2D eigenvalue weighted by Crippen LogP contribution is -2.36. The second-order valence-corrected chi connectivity index (χ2v) is 11.9. The summed E-state index contributed by atoms with van der Waals surface area (Å²) >= 11 is 0. The summed E-state index contributed by atoms with van der Waals surface area (Å²) in [6.07, 6.45) is 1.55. The third-order valence-corrected chi connectivity index (χ3v) is 7.82. The van der Waals surface area contributed by atoms with Gasteiger partial charge in [-0.05, 0) is 39.5 Å². The molecule has 0 spiro atoms. The van der Waals surface area contributed by atoms with Crippen molar-refractivity contribution in [3.05, 3.63) is 12.7 Å². The zero-order valence-electron chi connectivity index (χ0n) is 23.7. The van der Waals surface area contributed by atoms with Crippen molar-refractivity contribution in [1.29, 1.82) is 0 Å². The van der Waals surface area contributed by atoms with Crippen molar-refractivity contribution in [3.63, 3.8) is 0 Å². The molecule has 2 rings (SSSR count). The third-order valence-electron chi connectivity index (χ3n) is 6.03. The Morgan fingerprint density at radius 2 is 1.79 bits per heavy atom. The molecular weight excluding hydrogens is 531 g/mol. The number of nitrogens with zero attached hydrogens (tertiary/aromatic N) is 4. The SMILES string of the molecule is CCC(C)C(C)COC(=O)[C@H](C)NP(=O)(CO[C@H](C)Cn1cnc2c(N)ncnc21)OCOC(=O)OC(C)C. The van der Waals surface area contributed by atoms with Crippen LogP contribution in [0.5, 0.6) is 0 Å². The van der Waals surface area contributed by atoms with Gasteiger partial charge in [0, 0.05) is 0 Å². The second kappa shape index (κ2) is 15.1. The fourth-order valence-electron chi connectivity index (χ4n) is 3.34. The summed E-state index contributed by atoms with van der Waals surface area (Å²) in [5.74, 6) is 0.205. The van der Waals surface area contributed by atoms with E-state index in [0.29, 0.717) is 23.6 Å². The number of hydrogen-bond acceptors (Lipinski definition) is 12. The summed E-state index contributed by atoms with van der Waals surface area (Å²) in [5, 5.41) is 2.67. The van der Waals surface area contributed by atoms with Crippen LogP contribution < -0.4 is 10.8 Å². The van der Waals surface area contributed by atoms with Gasteiger partial charge in [-0.15, -0.1) is 0 Å². The van der Waals surface area contributed by atoms with Crippen LogP contribution >= 0.6 is 7.52 Å². The monoisotopic (exact) mass is 572 g/mol. The Morgan fingerprint density at radius 3 is 2.46 bits per heavy atom. The Kier molecular flexibility index (Phi) is 12.6. The number of esters is 1. The maximum Gasteiger partial charge on any atom is 0.510 e. The molecule has 220 valence electrons. The van der Waals surface area contributed by atoms with Crippen LogP contribution in [0, 0.1) is 11.8 Å². The van der Waals surface area contributed by atoms with Gasteiger partial charge in [-0.25, -0.2) is 24.8 Å². The number of hydrogen-bond donors (Lipinski definition) is 2. The molecule has 3 N–H and O–H groups in total. The standard InChI is InChI=1S/C24H41N6O8P/c1-8-16(4)17(5)10-34-23(31)19(7)29-39(33,37-13-35-24(32)38-15(2)3)14-36-18(6)9-30-12-28-20-21(25)26-11-27-22(20)30/h11-12,15-19H,8-10,13-14H2,1-7H3,(H,29,33)(H2,25,26,27)/t16?,17?,18-,19+,39?/m1/s1. The van der Waals surface area contributed by atoms with E-state index < -0.39 is 51.0 Å². The van der Waals surface area contributed by atoms with Gasteiger partial charge >= 0.3 is 12.1 Å². The molecule has 5 atom stereocenters. The summed E-state index contributed by atoms with van der Waals surface area (Å²) in [4.78, 5) is 36.6. The molecule has 2 aromatic heterocycles. The molecule has 3 unspecified atom stereocenters. The lowest BCUT2D eigenvalue weighted by Gasteiger charge is -2.25. The Bertz CT molecular complexity index is 1130. The van der Waals surface area contributed by atoms with Crippen LogP contribution in [0.4, 0.5) is 10.6 Å². The Balaban J connectivity index is 2.03. The molecule has 0 aliphatic carbocycles. The minimum absolute atomic E-state index is 0.165. The van der Waals surface area contributed by atoms with Gasteiger partial charge < -0.3 is 29.2 Å². The van der Waals surface area contributed by atoms with E-state index in [0.717, 1.165) is 6.42 Å². The maximum atomic E-state index is 13.6. The van der Waals surface area contributed by atoms with E-state index in [-0.39, 0.29) is 18.3 Å². The number of carbonyl (C=O) groups excluding carboxylic acids is 2. The van der Waals surface area contributed by atoms with Crippen molar-refractivity contribution in [3.8, 4) is 0 Å². The molecular formula is C24H41N6O8P. The molecule has 0 aliphatic rings. The van der Waals surface area contributed by atoms with Gasteiger partial charge in [-0.3, -0.25) is 13.9 Å². The van der Waals surface area contributed by atoms with Gasteiger partial charge in [0.2, 0.25) is 6.79 Å². The first-order valence-electron chi connectivity index (χ1n) is 12.9. The maximum absolute atomic E-state index is 13.6. The molecule has 0 saturated carbocycles. The number of fused-ring (bicyclic) bond motifs is 1. The molecule has 14 nitrogen and oxygen atoms in total. The van der Waals surface area contributed by atoms with Crippen LogP contribution in [0.25, 0.3) is 11.2 Å². The first kappa shape index (κ1) is 32.4.